The highest BCUT2D eigenvalue weighted by molar-refractivity contribution is 6.78. The van der Waals surface area contributed by atoms with Gasteiger partial charge in [-0.05, 0) is 47.1 Å². The smallest absolute Gasteiger partial charge is 0.337 e. The molecule has 0 aliphatic carbocycles. The Balaban J connectivity index is 6.97. The van der Waals surface area contributed by atoms with E-state index in [9.17, 15) is 9.59 Å². The molecular formula is C26H54O6Si2. The summed E-state index contributed by atoms with van der Waals surface area (Å²) in [5, 5.41) is 0. The van der Waals surface area contributed by atoms with Gasteiger partial charge in [0.2, 0.25) is 16.6 Å². The highest BCUT2D eigenvalue weighted by Gasteiger charge is 2.55. The van der Waals surface area contributed by atoms with Crippen LogP contribution in [-0.2, 0) is 27.9 Å². The molecule has 34 heavy (non-hydrogen) atoms. The Morgan fingerprint density at radius 1 is 0.500 bits per heavy atom. The van der Waals surface area contributed by atoms with Gasteiger partial charge in [0.05, 0.1) is 13.2 Å². The summed E-state index contributed by atoms with van der Waals surface area (Å²) in [6.07, 6.45) is -2.30. The lowest BCUT2D eigenvalue weighted by Crippen LogP contribution is -2.60. The quantitative estimate of drug-likeness (QED) is 0.168. The normalized spacial score (nSPS) is 15.1. The van der Waals surface area contributed by atoms with Crippen LogP contribution >= 0.6 is 0 Å². The van der Waals surface area contributed by atoms with Gasteiger partial charge in [-0.1, -0.05) is 83.1 Å². The second kappa shape index (κ2) is 14.1. The molecule has 0 aromatic rings. The van der Waals surface area contributed by atoms with Crippen molar-refractivity contribution in [3.8, 4) is 0 Å². The van der Waals surface area contributed by atoms with Crippen molar-refractivity contribution in [1.29, 1.82) is 0 Å². The number of carbonyl (C=O) groups excluding carboxylic acids is 2. The van der Waals surface area contributed by atoms with E-state index in [2.05, 4.69) is 83.1 Å². The molecule has 0 bridgehead atoms. The minimum atomic E-state index is -2.54. The molecule has 0 aliphatic heterocycles. The van der Waals surface area contributed by atoms with Crippen LogP contribution in [0.15, 0.2) is 0 Å². The van der Waals surface area contributed by atoms with Crippen molar-refractivity contribution in [2.24, 2.45) is 0 Å². The Kier molecular flexibility index (Phi) is 13.8. The van der Waals surface area contributed by atoms with Gasteiger partial charge in [-0.15, -0.1) is 0 Å². The standard InChI is InChI=1S/C26H54O6Si2/c1-15-29-25(27)23(31-33(17(3)4,18(5)6)19(7)8)24(26(28)30-16-2)32-34(20(9)10,21(11)12)22(13)14/h17-24H,15-16H2,1-14H3. The Hall–Kier alpha value is -0.706. The van der Waals surface area contributed by atoms with Crippen molar-refractivity contribution in [2.75, 3.05) is 13.2 Å². The molecule has 0 aromatic carbocycles. The van der Waals surface area contributed by atoms with E-state index >= 15 is 0 Å². The van der Waals surface area contributed by atoms with E-state index in [0.717, 1.165) is 0 Å². The summed E-state index contributed by atoms with van der Waals surface area (Å²) < 4.78 is 24.8. The van der Waals surface area contributed by atoms with Gasteiger partial charge >= 0.3 is 11.9 Å². The summed E-state index contributed by atoms with van der Waals surface area (Å²) in [5.41, 5.74) is 1.39. The molecule has 2 atom stereocenters. The van der Waals surface area contributed by atoms with Gasteiger partial charge in [0.15, 0.2) is 12.2 Å². The van der Waals surface area contributed by atoms with Gasteiger partial charge in [0, 0.05) is 0 Å². The first-order valence-corrected chi connectivity index (χ1v) is 17.5. The summed E-state index contributed by atoms with van der Waals surface area (Å²) >= 11 is 0. The monoisotopic (exact) mass is 518 g/mol. The number of hydrogen-bond donors (Lipinski definition) is 0. The van der Waals surface area contributed by atoms with Gasteiger partial charge in [0.25, 0.3) is 0 Å². The molecule has 0 spiro atoms. The molecule has 0 radical (unpaired) electrons. The van der Waals surface area contributed by atoms with Gasteiger partial charge < -0.3 is 18.3 Å². The summed E-state index contributed by atoms with van der Waals surface area (Å²) in [4.78, 5) is 26.9. The Morgan fingerprint density at radius 2 is 0.706 bits per heavy atom. The molecule has 0 rings (SSSR count). The van der Waals surface area contributed by atoms with Crippen LogP contribution < -0.4 is 0 Å². The zero-order chi connectivity index (χ0) is 27.0. The number of esters is 2. The van der Waals surface area contributed by atoms with E-state index in [1.165, 1.54) is 0 Å². The van der Waals surface area contributed by atoms with Crippen LogP contribution in [0.4, 0.5) is 0 Å². The maximum atomic E-state index is 13.4. The van der Waals surface area contributed by atoms with Gasteiger partial charge in [-0.3, -0.25) is 0 Å². The van der Waals surface area contributed by atoms with E-state index in [0.29, 0.717) is 0 Å². The first kappa shape index (κ1) is 33.3. The number of hydrogen-bond acceptors (Lipinski definition) is 6. The summed E-state index contributed by atoms with van der Waals surface area (Å²) in [6, 6.07) is 0. The highest BCUT2D eigenvalue weighted by Crippen LogP contribution is 2.46. The third-order valence-corrected chi connectivity index (χ3v) is 19.5. The molecule has 0 heterocycles. The van der Waals surface area contributed by atoms with Crippen LogP contribution in [0.1, 0.15) is 96.9 Å². The maximum Gasteiger partial charge on any atom is 0.337 e. The summed E-state index contributed by atoms with van der Waals surface area (Å²) in [7, 11) is -5.09. The fraction of sp³-hybridized carbons (Fsp3) is 0.923. The summed E-state index contributed by atoms with van der Waals surface area (Å²) in [6.45, 7) is 29.8. The highest BCUT2D eigenvalue weighted by atomic mass is 28.4. The zero-order valence-electron chi connectivity index (χ0n) is 24.5. The van der Waals surface area contributed by atoms with Crippen molar-refractivity contribution in [3.63, 3.8) is 0 Å². The molecule has 0 N–H and O–H groups in total. The fourth-order valence-electron chi connectivity index (χ4n) is 6.17. The van der Waals surface area contributed by atoms with Crippen molar-refractivity contribution in [1.82, 2.24) is 0 Å². The van der Waals surface area contributed by atoms with E-state index in [1.807, 2.05) is 0 Å². The van der Waals surface area contributed by atoms with Gasteiger partial charge in [0.1, 0.15) is 0 Å². The predicted molar refractivity (Wildman–Crippen MR) is 145 cm³/mol. The second-order valence-corrected chi connectivity index (χ2v) is 22.0. The lowest BCUT2D eigenvalue weighted by molar-refractivity contribution is -0.170. The molecule has 2 unspecified atom stereocenters. The Labute approximate surface area is 212 Å². The zero-order valence-corrected chi connectivity index (χ0v) is 26.5. The predicted octanol–water partition coefficient (Wildman–Crippen LogP) is 7.23. The minimum Gasteiger partial charge on any atom is -0.464 e. The third kappa shape index (κ3) is 7.17. The molecule has 0 fully saturated rings. The van der Waals surface area contributed by atoms with Crippen LogP contribution in [0, 0.1) is 0 Å². The summed E-state index contributed by atoms with van der Waals surface area (Å²) in [5.74, 6) is -1.09. The first-order valence-electron chi connectivity index (χ1n) is 13.3. The first-order chi connectivity index (χ1) is 15.6. The largest absolute Gasteiger partial charge is 0.464 e. The molecule has 0 aliphatic rings. The van der Waals surface area contributed by atoms with Gasteiger partial charge in [-0.2, -0.15) is 0 Å². The molecule has 6 nitrogen and oxygen atoms in total. The van der Waals surface area contributed by atoms with E-state index in [4.69, 9.17) is 18.3 Å². The van der Waals surface area contributed by atoms with Crippen LogP contribution in [-0.4, -0.2) is 54.0 Å². The number of rotatable bonds is 15. The molecule has 0 amide bonds. The molecule has 0 saturated carbocycles. The van der Waals surface area contributed by atoms with E-state index in [-0.39, 0.29) is 46.5 Å². The maximum absolute atomic E-state index is 13.4. The Morgan fingerprint density at radius 3 is 0.853 bits per heavy atom. The van der Waals surface area contributed by atoms with Crippen molar-refractivity contribution in [2.45, 2.75) is 142 Å². The van der Waals surface area contributed by atoms with Gasteiger partial charge in [-0.25, -0.2) is 9.59 Å². The van der Waals surface area contributed by atoms with Crippen LogP contribution in [0.2, 0.25) is 33.2 Å². The molecule has 202 valence electrons. The lowest BCUT2D eigenvalue weighted by Gasteiger charge is -2.48. The average molecular weight is 519 g/mol. The SMILES string of the molecule is CCOC(=O)C(O[Si](C(C)C)(C(C)C)C(C)C)C(O[Si](C(C)C)(C(C)C)C(C)C)C(=O)OCC. The lowest BCUT2D eigenvalue weighted by atomic mass is 10.2. The molecule has 0 saturated heterocycles. The molecule has 8 heteroatoms. The third-order valence-electron chi connectivity index (χ3n) is 7.39. The molecule has 0 aromatic heterocycles. The van der Waals surface area contributed by atoms with E-state index in [1.54, 1.807) is 13.8 Å². The second-order valence-electron chi connectivity index (χ2n) is 11.2. The van der Waals surface area contributed by atoms with Crippen LogP contribution in [0.3, 0.4) is 0 Å². The van der Waals surface area contributed by atoms with Crippen molar-refractivity contribution >= 4 is 28.6 Å². The topological polar surface area (TPSA) is 71.1 Å². The number of ether oxygens (including phenoxy) is 2. The fourth-order valence-corrected chi connectivity index (χ4v) is 17.1. The van der Waals surface area contributed by atoms with E-state index < -0.39 is 40.8 Å². The average Bonchev–Trinajstić information content (AvgIpc) is 2.68. The number of carbonyl (C=O) groups is 2. The Bertz CT molecular complexity index is 533. The minimum absolute atomic E-state index is 0.203. The van der Waals surface area contributed by atoms with Crippen LogP contribution in [0.25, 0.3) is 0 Å². The van der Waals surface area contributed by atoms with Crippen molar-refractivity contribution in [3.05, 3.63) is 0 Å². The molecular weight excluding hydrogens is 464 g/mol. The van der Waals surface area contributed by atoms with Crippen molar-refractivity contribution < 1.29 is 27.9 Å². The van der Waals surface area contributed by atoms with Crippen LogP contribution in [0.5, 0.6) is 0 Å².